The highest BCUT2D eigenvalue weighted by atomic mass is 16.7. The maximum atomic E-state index is 9.08. The molecule has 1 atom stereocenters. The van der Waals surface area contributed by atoms with Gasteiger partial charge in [0.05, 0.1) is 6.61 Å². The van der Waals surface area contributed by atoms with Gasteiger partial charge in [0.15, 0.2) is 11.5 Å². The lowest BCUT2D eigenvalue weighted by atomic mass is 10.1. The number of hydrogen-bond donors (Lipinski definition) is 2. The van der Waals surface area contributed by atoms with Gasteiger partial charge in [-0.05, 0) is 6.07 Å². The number of fused-ring (bicyclic) bond motifs is 1. The second-order valence-corrected chi connectivity index (χ2v) is 5.45. The standard InChI is InChI=1S/C15H23NO4/c1-10(2)16-6-12-4-14-15(20-9-19-14)5-13(12)18-8-11(3)7-17/h4-5,10-11,16-17H,6-9H2,1-3H3. The molecule has 1 aliphatic heterocycles. The molecule has 1 unspecified atom stereocenters. The minimum Gasteiger partial charge on any atom is -0.493 e. The molecule has 1 heterocycles. The molecule has 20 heavy (non-hydrogen) atoms. The fourth-order valence-corrected chi connectivity index (χ4v) is 1.84. The zero-order valence-corrected chi connectivity index (χ0v) is 12.3. The van der Waals surface area contributed by atoms with Gasteiger partial charge >= 0.3 is 0 Å². The Morgan fingerprint density at radius 1 is 1.25 bits per heavy atom. The molecule has 1 aromatic rings. The van der Waals surface area contributed by atoms with Crippen LogP contribution in [0.15, 0.2) is 12.1 Å². The highest BCUT2D eigenvalue weighted by molar-refractivity contribution is 5.51. The average Bonchev–Trinajstić information content (AvgIpc) is 2.88. The zero-order chi connectivity index (χ0) is 14.5. The van der Waals surface area contributed by atoms with Crippen molar-refractivity contribution in [1.29, 1.82) is 0 Å². The van der Waals surface area contributed by atoms with Crippen LogP contribution in [0.4, 0.5) is 0 Å². The van der Waals surface area contributed by atoms with E-state index < -0.39 is 0 Å². The predicted octanol–water partition coefficient (Wildman–Crippen LogP) is 1.92. The molecule has 112 valence electrons. The second kappa shape index (κ2) is 6.81. The summed E-state index contributed by atoms with van der Waals surface area (Å²) >= 11 is 0. The molecule has 0 bridgehead atoms. The van der Waals surface area contributed by atoms with Gasteiger partial charge in [-0.3, -0.25) is 0 Å². The van der Waals surface area contributed by atoms with Crippen molar-refractivity contribution in [1.82, 2.24) is 5.32 Å². The highest BCUT2D eigenvalue weighted by Gasteiger charge is 2.18. The molecule has 5 nitrogen and oxygen atoms in total. The molecule has 2 N–H and O–H groups in total. The van der Waals surface area contributed by atoms with Crippen molar-refractivity contribution in [2.24, 2.45) is 5.92 Å². The van der Waals surface area contributed by atoms with Gasteiger partial charge in [-0.2, -0.15) is 0 Å². The number of ether oxygens (including phenoxy) is 3. The molecule has 1 aliphatic rings. The van der Waals surface area contributed by atoms with Gasteiger partial charge in [-0.25, -0.2) is 0 Å². The van der Waals surface area contributed by atoms with Crippen molar-refractivity contribution in [3.63, 3.8) is 0 Å². The van der Waals surface area contributed by atoms with Crippen LogP contribution in [0.5, 0.6) is 17.2 Å². The van der Waals surface area contributed by atoms with Crippen molar-refractivity contribution >= 4 is 0 Å². The van der Waals surface area contributed by atoms with Crippen LogP contribution in [-0.4, -0.2) is 31.2 Å². The summed E-state index contributed by atoms with van der Waals surface area (Å²) in [6.45, 7) is 7.69. The quantitative estimate of drug-likeness (QED) is 0.799. The molecular formula is C15H23NO4. The highest BCUT2D eigenvalue weighted by Crippen LogP contribution is 2.38. The Morgan fingerprint density at radius 3 is 2.60 bits per heavy atom. The number of hydrogen-bond acceptors (Lipinski definition) is 5. The van der Waals surface area contributed by atoms with Gasteiger partial charge in [0.2, 0.25) is 6.79 Å². The van der Waals surface area contributed by atoms with Crippen LogP contribution in [0.3, 0.4) is 0 Å². The Labute approximate surface area is 119 Å². The molecule has 5 heteroatoms. The summed E-state index contributed by atoms with van der Waals surface area (Å²) in [6, 6.07) is 4.21. The van der Waals surface area contributed by atoms with Crippen LogP contribution in [-0.2, 0) is 6.54 Å². The molecule has 0 fully saturated rings. The maximum Gasteiger partial charge on any atom is 0.231 e. The number of nitrogens with one attached hydrogen (secondary N) is 1. The number of aliphatic hydroxyl groups excluding tert-OH is 1. The first-order valence-corrected chi connectivity index (χ1v) is 6.99. The fourth-order valence-electron chi connectivity index (χ4n) is 1.84. The van der Waals surface area contributed by atoms with Gasteiger partial charge in [0.1, 0.15) is 5.75 Å². The Balaban J connectivity index is 2.13. The first-order chi connectivity index (χ1) is 9.60. The van der Waals surface area contributed by atoms with Gasteiger partial charge < -0.3 is 24.6 Å². The molecular weight excluding hydrogens is 258 g/mol. The number of rotatable bonds is 7. The topological polar surface area (TPSA) is 60.0 Å². The third-order valence-corrected chi connectivity index (χ3v) is 3.09. The normalized spacial score (nSPS) is 14.7. The van der Waals surface area contributed by atoms with Gasteiger partial charge in [0.25, 0.3) is 0 Å². The van der Waals surface area contributed by atoms with Crippen LogP contribution in [0.25, 0.3) is 0 Å². The average molecular weight is 281 g/mol. The van der Waals surface area contributed by atoms with Crippen molar-refractivity contribution in [2.75, 3.05) is 20.0 Å². The van der Waals surface area contributed by atoms with Crippen LogP contribution in [0.1, 0.15) is 26.3 Å². The lowest BCUT2D eigenvalue weighted by Gasteiger charge is -2.16. The summed E-state index contributed by atoms with van der Waals surface area (Å²) in [6.07, 6.45) is 0. The molecule has 0 saturated heterocycles. The molecule has 0 amide bonds. The van der Waals surface area contributed by atoms with Crippen LogP contribution in [0, 0.1) is 5.92 Å². The van der Waals surface area contributed by atoms with E-state index in [-0.39, 0.29) is 19.3 Å². The predicted molar refractivity (Wildman–Crippen MR) is 76.3 cm³/mol. The van der Waals surface area contributed by atoms with Gasteiger partial charge in [-0.15, -0.1) is 0 Å². The van der Waals surface area contributed by atoms with Gasteiger partial charge in [0, 0.05) is 36.7 Å². The van der Waals surface area contributed by atoms with Crippen molar-refractivity contribution in [3.05, 3.63) is 17.7 Å². The van der Waals surface area contributed by atoms with E-state index in [0.717, 1.165) is 17.1 Å². The Hall–Kier alpha value is -1.46. The Morgan fingerprint density at radius 2 is 1.95 bits per heavy atom. The first-order valence-electron chi connectivity index (χ1n) is 6.99. The van der Waals surface area contributed by atoms with E-state index in [0.29, 0.717) is 24.9 Å². The van der Waals surface area contributed by atoms with Gasteiger partial charge in [-0.1, -0.05) is 20.8 Å². The Bertz CT molecular complexity index is 448. The smallest absolute Gasteiger partial charge is 0.231 e. The fraction of sp³-hybridized carbons (Fsp3) is 0.600. The van der Waals surface area contributed by atoms with E-state index in [2.05, 4.69) is 19.2 Å². The number of aliphatic hydroxyl groups is 1. The van der Waals surface area contributed by atoms with Crippen LogP contribution in [0.2, 0.25) is 0 Å². The summed E-state index contributed by atoms with van der Waals surface area (Å²) < 4.78 is 16.6. The van der Waals surface area contributed by atoms with E-state index in [1.165, 1.54) is 0 Å². The largest absolute Gasteiger partial charge is 0.493 e. The summed E-state index contributed by atoms with van der Waals surface area (Å²) in [4.78, 5) is 0. The Kier molecular flexibility index (Phi) is 5.09. The van der Waals surface area contributed by atoms with Crippen LogP contribution >= 0.6 is 0 Å². The SMILES string of the molecule is CC(CO)COc1cc2c(cc1CNC(C)C)OCO2. The number of benzene rings is 1. The molecule has 0 spiro atoms. The van der Waals surface area contributed by atoms with Crippen molar-refractivity contribution < 1.29 is 19.3 Å². The maximum absolute atomic E-state index is 9.08. The lowest BCUT2D eigenvalue weighted by Crippen LogP contribution is -2.22. The lowest BCUT2D eigenvalue weighted by molar-refractivity contribution is 0.171. The van der Waals surface area contributed by atoms with Crippen molar-refractivity contribution in [3.8, 4) is 17.2 Å². The molecule has 2 rings (SSSR count). The molecule has 0 saturated carbocycles. The minimum absolute atomic E-state index is 0.103. The van der Waals surface area contributed by atoms with E-state index in [9.17, 15) is 0 Å². The molecule has 0 aliphatic carbocycles. The van der Waals surface area contributed by atoms with E-state index in [1.54, 1.807) is 0 Å². The minimum atomic E-state index is 0.103. The van der Waals surface area contributed by atoms with Crippen molar-refractivity contribution in [2.45, 2.75) is 33.4 Å². The van der Waals surface area contributed by atoms with E-state index >= 15 is 0 Å². The van der Waals surface area contributed by atoms with E-state index in [1.807, 2.05) is 19.1 Å². The summed E-state index contributed by atoms with van der Waals surface area (Å²) in [7, 11) is 0. The third-order valence-electron chi connectivity index (χ3n) is 3.09. The molecule has 1 aromatic carbocycles. The first kappa shape index (κ1) is 14.9. The third kappa shape index (κ3) is 3.77. The molecule has 0 aromatic heterocycles. The second-order valence-electron chi connectivity index (χ2n) is 5.45. The molecule has 0 radical (unpaired) electrons. The zero-order valence-electron chi connectivity index (χ0n) is 12.3. The summed E-state index contributed by atoms with van der Waals surface area (Å²) in [5, 5.41) is 12.4. The summed E-state index contributed by atoms with van der Waals surface area (Å²) in [5.41, 5.74) is 1.04. The van der Waals surface area contributed by atoms with Crippen LogP contribution < -0.4 is 19.5 Å². The van der Waals surface area contributed by atoms with E-state index in [4.69, 9.17) is 19.3 Å². The monoisotopic (exact) mass is 281 g/mol. The summed E-state index contributed by atoms with van der Waals surface area (Å²) in [5.74, 6) is 2.35.